The Bertz CT molecular complexity index is 1230. The number of nitrogens with zero attached hydrogens (tertiary/aromatic N) is 3. The van der Waals surface area contributed by atoms with E-state index in [1.807, 2.05) is 55.5 Å². The van der Waals surface area contributed by atoms with Crippen LogP contribution < -0.4 is 10.3 Å². The minimum absolute atomic E-state index is 0.136. The van der Waals surface area contributed by atoms with Crippen molar-refractivity contribution in [3.8, 4) is 11.6 Å². The molecule has 0 fully saturated rings. The maximum Gasteiger partial charge on any atom is 0.267 e. The first-order chi connectivity index (χ1) is 14.1. The number of para-hydroxylation sites is 2. The number of aryl methyl sites for hydroxylation is 1. The molecule has 29 heavy (non-hydrogen) atoms. The molecule has 146 valence electrons. The van der Waals surface area contributed by atoms with Gasteiger partial charge in [0.1, 0.15) is 11.6 Å². The Hall–Kier alpha value is -2.83. The number of fused-ring (bicyclic) bond motifs is 1. The molecule has 0 saturated heterocycles. The van der Waals surface area contributed by atoms with Crippen LogP contribution >= 0.6 is 23.4 Å². The van der Waals surface area contributed by atoms with Gasteiger partial charge in [-0.05, 0) is 48.9 Å². The largest absolute Gasteiger partial charge is 0.491 e. The van der Waals surface area contributed by atoms with Crippen LogP contribution in [0, 0.1) is 6.92 Å². The molecule has 0 amide bonds. The minimum atomic E-state index is -0.136. The molecule has 4 aromatic rings. The van der Waals surface area contributed by atoms with Crippen molar-refractivity contribution < 1.29 is 4.74 Å². The highest BCUT2D eigenvalue weighted by Crippen LogP contribution is 2.24. The number of ether oxygens (including phenoxy) is 1. The van der Waals surface area contributed by atoms with E-state index < -0.39 is 0 Å². The highest BCUT2D eigenvalue weighted by molar-refractivity contribution is 7.99. The van der Waals surface area contributed by atoms with Crippen LogP contribution in [0.3, 0.4) is 0 Å². The van der Waals surface area contributed by atoms with Crippen molar-refractivity contribution in [1.29, 1.82) is 0 Å². The highest BCUT2D eigenvalue weighted by Gasteiger charge is 2.14. The number of rotatable bonds is 6. The molecule has 0 aliphatic rings. The van der Waals surface area contributed by atoms with E-state index in [4.69, 9.17) is 21.3 Å². The van der Waals surface area contributed by atoms with Crippen LogP contribution in [0.25, 0.3) is 16.7 Å². The minimum Gasteiger partial charge on any atom is -0.491 e. The third-order valence-electron chi connectivity index (χ3n) is 4.28. The smallest absolute Gasteiger partial charge is 0.267 e. The molecule has 0 N–H and O–H groups in total. The average Bonchev–Trinajstić information content (AvgIpc) is 2.72. The van der Waals surface area contributed by atoms with Crippen molar-refractivity contribution in [3.05, 3.63) is 87.8 Å². The fourth-order valence-electron chi connectivity index (χ4n) is 2.90. The predicted molar refractivity (Wildman–Crippen MR) is 118 cm³/mol. The topological polar surface area (TPSA) is 57.0 Å². The van der Waals surface area contributed by atoms with Crippen LogP contribution in [0.2, 0.25) is 5.02 Å². The van der Waals surface area contributed by atoms with Gasteiger partial charge in [0.25, 0.3) is 5.56 Å². The van der Waals surface area contributed by atoms with Crippen molar-refractivity contribution in [2.24, 2.45) is 0 Å². The predicted octanol–water partition coefficient (Wildman–Crippen LogP) is 4.91. The van der Waals surface area contributed by atoms with Gasteiger partial charge in [-0.25, -0.2) is 14.5 Å². The third-order valence-corrected chi connectivity index (χ3v) is 5.50. The van der Waals surface area contributed by atoms with Crippen LogP contribution in [0.5, 0.6) is 5.75 Å². The van der Waals surface area contributed by atoms with Crippen LogP contribution in [-0.4, -0.2) is 26.9 Å². The van der Waals surface area contributed by atoms with Gasteiger partial charge < -0.3 is 4.74 Å². The lowest BCUT2D eigenvalue weighted by Crippen LogP contribution is -2.23. The lowest BCUT2D eigenvalue weighted by molar-refractivity contribution is 0.344. The lowest BCUT2D eigenvalue weighted by atomic mass is 10.2. The molecular formula is C22H18ClN3O2S. The van der Waals surface area contributed by atoms with Gasteiger partial charge in [0.15, 0.2) is 5.16 Å². The summed E-state index contributed by atoms with van der Waals surface area (Å²) < 4.78 is 7.32. The first kappa shape index (κ1) is 19.5. The molecule has 0 aliphatic carbocycles. The summed E-state index contributed by atoms with van der Waals surface area (Å²) in [6.45, 7) is 2.40. The SMILES string of the molecule is Cc1ccnc(-n2c(SCCOc3ccccc3Cl)nc3ccccc3c2=O)c1. The van der Waals surface area contributed by atoms with Crippen molar-refractivity contribution in [2.75, 3.05) is 12.4 Å². The molecule has 0 bridgehead atoms. The molecule has 4 rings (SSSR count). The molecule has 0 spiro atoms. The second kappa shape index (κ2) is 8.68. The number of pyridine rings is 1. The highest BCUT2D eigenvalue weighted by atomic mass is 35.5. The summed E-state index contributed by atoms with van der Waals surface area (Å²) in [6, 6.07) is 18.5. The molecule has 7 heteroatoms. The van der Waals surface area contributed by atoms with E-state index in [1.54, 1.807) is 22.9 Å². The van der Waals surface area contributed by atoms with Gasteiger partial charge in [-0.15, -0.1) is 0 Å². The van der Waals surface area contributed by atoms with Gasteiger partial charge >= 0.3 is 0 Å². The number of hydrogen-bond acceptors (Lipinski definition) is 5. The number of halogens is 1. The molecule has 0 aliphatic heterocycles. The summed E-state index contributed by atoms with van der Waals surface area (Å²) >= 11 is 7.57. The van der Waals surface area contributed by atoms with Crippen LogP contribution in [0.4, 0.5) is 0 Å². The molecule has 0 atom stereocenters. The average molecular weight is 424 g/mol. The maximum absolute atomic E-state index is 13.2. The normalized spacial score (nSPS) is 11.0. The molecule has 0 saturated carbocycles. The Morgan fingerprint density at radius 1 is 1.10 bits per heavy atom. The summed E-state index contributed by atoms with van der Waals surface area (Å²) in [5.41, 5.74) is 1.55. The van der Waals surface area contributed by atoms with Gasteiger partial charge in [-0.2, -0.15) is 0 Å². The molecular weight excluding hydrogens is 406 g/mol. The van der Waals surface area contributed by atoms with Gasteiger partial charge in [0.2, 0.25) is 0 Å². The van der Waals surface area contributed by atoms with Crippen molar-refractivity contribution in [2.45, 2.75) is 12.1 Å². The zero-order chi connectivity index (χ0) is 20.2. The monoisotopic (exact) mass is 423 g/mol. The maximum atomic E-state index is 13.2. The van der Waals surface area contributed by atoms with E-state index in [1.165, 1.54) is 11.8 Å². The van der Waals surface area contributed by atoms with Gasteiger partial charge in [0.05, 0.1) is 22.5 Å². The second-order valence-electron chi connectivity index (χ2n) is 6.37. The first-order valence-corrected chi connectivity index (χ1v) is 10.4. The van der Waals surface area contributed by atoms with Crippen molar-refractivity contribution >= 4 is 34.3 Å². The van der Waals surface area contributed by atoms with Gasteiger partial charge in [-0.1, -0.05) is 47.6 Å². The summed E-state index contributed by atoms with van der Waals surface area (Å²) in [7, 11) is 0. The number of aromatic nitrogens is 3. The van der Waals surface area contributed by atoms with E-state index in [0.29, 0.717) is 45.0 Å². The summed E-state index contributed by atoms with van der Waals surface area (Å²) in [5.74, 6) is 1.80. The first-order valence-electron chi connectivity index (χ1n) is 9.08. The molecule has 2 aromatic heterocycles. The Morgan fingerprint density at radius 2 is 1.90 bits per heavy atom. The molecule has 2 aromatic carbocycles. The fourth-order valence-corrected chi connectivity index (χ4v) is 3.91. The standard InChI is InChI=1S/C22H18ClN3O2S/c1-15-10-11-24-20(14-15)26-21(27)16-6-2-4-8-18(16)25-22(26)29-13-12-28-19-9-5-3-7-17(19)23/h2-11,14H,12-13H2,1H3. The zero-order valence-corrected chi connectivity index (χ0v) is 17.3. The Balaban J connectivity index is 1.64. The van der Waals surface area contributed by atoms with Gasteiger partial charge in [-0.3, -0.25) is 4.79 Å². The van der Waals surface area contributed by atoms with Crippen LogP contribution in [0.1, 0.15) is 5.56 Å². The Labute approximate surface area is 177 Å². The Morgan fingerprint density at radius 3 is 2.72 bits per heavy atom. The van der Waals surface area contributed by atoms with E-state index in [-0.39, 0.29) is 5.56 Å². The summed E-state index contributed by atoms with van der Waals surface area (Å²) in [5, 5.41) is 1.71. The molecule has 0 radical (unpaired) electrons. The Kier molecular flexibility index (Phi) is 5.83. The van der Waals surface area contributed by atoms with Gasteiger partial charge in [0, 0.05) is 11.9 Å². The van der Waals surface area contributed by atoms with Crippen molar-refractivity contribution in [1.82, 2.24) is 14.5 Å². The zero-order valence-electron chi connectivity index (χ0n) is 15.7. The van der Waals surface area contributed by atoms with Crippen molar-refractivity contribution in [3.63, 3.8) is 0 Å². The van der Waals surface area contributed by atoms with E-state index in [9.17, 15) is 4.79 Å². The van der Waals surface area contributed by atoms with E-state index >= 15 is 0 Å². The summed E-state index contributed by atoms with van der Waals surface area (Å²) in [6.07, 6.45) is 1.70. The number of thioether (sulfide) groups is 1. The number of hydrogen-bond donors (Lipinski definition) is 0. The summed E-state index contributed by atoms with van der Waals surface area (Å²) in [4.78, 5) is 22.3. The van der Waals surface area contributed by atoms with Crippen LogP contribution in [-0.2, 0) is 0 Å². The van der Waals surface area contributed by atoms with E-state index in [0.717, 1.165) is 5.56 Å². The van der Waals surface area contributed by atoms with E-state index in [2.05, 4.69) is 4.98 Å². The quantitative estimate of drug-likeness (QED) is 0.250. The fraction of sp³-hybridized carbons (Fsp3) is 0.136. The third kappa shape index (κ3) is 4.28. The lowest BCUT2D eigenvalue weighted by Gasteiger charge is -2.13. The molecule has 2 heterocycles. The molecule has 0 unspecified atom stereocenters. The van der Waals surface area contributed by atoms with Crippen LogP contribution in [0.15, 0.2) is 76.8 Å². The number of benzene rings is 2. The second-order valence-corrected chi connectivity index (χ2v) is 7.84. The molecule has 5 nitrogen and oxygen atoms in total.